The first-order valence-electron chi connectivity index (χ1n) is 8.41. The second-order valence-electron chi connectivity index (χ2n) is 6.29. The first kappa shape index (κ1) is 18.6. The van der Waals surface area contributed by atoms with Gasteiger partial charge in [-0.2, -0.15) is 0 Å². The zero-order chi connectivity index (χ0) is 18.8. The van der Waals surface area contributed by atoms with Crippen LogP contribution >= 0.6 is 24.0 Å². The number of thiocarbonyl (C=S) groups is 1. The quantitative estimate of drug-likeness (QED) is 0.605. The first-order valence-corrected chi connectivity index (χ1v) is 9.64. The lowest BCUT2D eigenvalue weighted by Crippen LogP contribution is -2.47. The fourth-order valence-corrected chi connectivity index (χ4v) is 4.39. The minimum atomic E-state index is -1.03. The molecule has 3 rings (SSSR count). The lowest BCUT2D eigenvalue weighted by atomic mass is 9.98. The molecule has 0 bridgehead atoms. The molecule has 1 heterocycles. The molecule has 1 amide bonds. The molecule has 2 unspecified atom stereocenters. The highest BCUT2D eigenvalue weighted by Gasteiger charge is 2.42. The SMILES string of the molecule is CCC(C)C(C(=O)O)N1C(=O)/C(=C/c2cccc3ccccc23)SC1=S. The molecule has 1 saturated heterocycles. The molecular formula is C20H19NO3S2. The van der Waals surface area contributed by atoms with Crippen LogP contribution in [0.15, 0.2) is 47.4 Å². The largest absolute Gasteiger partial charge is 0.480 e. The van der Waals surface area contributed by atoms with Crippen LogP contribution in [0.3, 0.4) is 0 Å². The van der Waals surface area contributed by atoms with Gasteiger partial charge in [0.1, 0.15) is 10.4 Å². The molecule has 0 saturated carbocycles. The van der Waals surface area contributed by atoms with E-state index >= 15 is 0 Å². The van der Waals surface area contributed by atoms with Gasteiger partial charge in [0.15, 0.2) is 0 Å². The van der Waals surface area contributed by atoms with Gasteiger partial charge >= 0.3 is 5.97 Å². The third kappa shape index (κ3) is 3.39. The van der Waals surface area contributed by atoms with E-state index in [0.29, 0.717) is 15.6 Å². The molecule has 1 fully saturated rings. The molecule has 2 aromatic rings. The average Bonchev–Trinajstić information content (AvgIpc) is 2.89. The second-order valence-corrected chi connectivity index (χ2v) is 7.96. The number of rotatable bonds is 5. The highest BCUT2D eigenvalue weighted by Crippen LogP contribution is 2.36. The van der Waals surface area contributed by atoms with Crippen molar-refractivity contribution in [1.29, 1.82) is 0 Å². The van der Waals surface area contributed by atoms with Crippen molar-refractivity contribution in [2.45, 2.75) is 26.3 Å². The van der Waals surface area contributed by atoms with Gasteiger partial charge in [0, 0.05) is 0 Å². The van der Waals surface area contributed by atoms with Crippen molar-refractivity contribution in [2.75, 3.05) is 0 Å². The van der Waals surface area contributed by atoms with E-state index in [1.807, 2.05) is 56.3 Å². The van der Waals surface area contributed by atoms with Crippen molar-refractivity contribution >= 4 is 57.0 Å². The van der Waals surface area contributed by atoms with E-state index in [0.717, 1.165) is 28.1 Å². The van der Waals surface area contributed by atoms with Crippen LogP contribution in [0, 0.1) is 5.92 Å². The number of fused-ring (bicyclic) bond motifs is 1. The monoisotopic (exact) mass is 385 g/mol. The predicted octanol–water partition coefficient (Wildman–Crippen LogP) is 4.54. The van der Waals surface area contributed by atoms with E-state index in [4.69, 9.17) is 12.2 Å². The Bertz CT molecular complexity index is 917. The first-order chi connectivity index (χ1) is 12.4. The normalized spacial score (nSPS) is 18.5. The Hall–Kier alpha value is -2.18. The van der Waals surface area contributed by atoms with Crippen LogP contribution in [0.5, 0.6) is 0 Å². The molecule has 0 radical (unpaired) electrons. The molecule has 2 aromatic carbocycles. The number of carbonyl (C=O) groups excluding carboxylic acids is 1. The topological polar surface area (TPSA) is 57.6 Å². The summed E-state index contributed by atoms with van der Waals surface area (Å²) in [6.07, 6.45) is 2.45. The third-order valence-electron chi connectivity index (χ3n) is 4.65. The molecule has 134 valence electrons. The van der Waals surface area contributed by atoms with Crippen LogP contribution in [-0.4, -0.2) is 32.2 Å². The maximum atomic E-state index is 12.9. The van der Waals surface area contributed by atoms with Crippen molar-refractivity contribution in [2.24, 2.45) is 5.92 Å². The molecule has 1 aliphatic heterocycles. The molecule has 26 heavy (non-hydrogen) atoms. The second kappa shape index (κ2) is 7.60. The molecule has 1 aliphatic rings. The maximum Gasteiger partial charge on any atom is 0.327 e. The van der Waals surface area contributed by atoms with Gasteiger partial charge in [0.05, 0.1) is 4.91 Å². The van der Waals surface area contributed by atoms with Crippen LogP contribution in [-0.2, 0) is 9.59 Å². The summed E-state index contributed by atoms with van der Waals surface area (Å²) in [6.45, 7) is 3.73. The lowest BCUT2D eigenvalue weighted by molar-refractivity contribution is -0.147. The highest BCUT2D eigenvalue weighted by atomic mass is 32.2. The van der Waals surface area contributed by atoms with E-state index in [2.05, 4.69) is 0 Å². The summed E-state index contributed by atoms with van der Waals surface area (Å²) < 4.78 is 0.300. The van der Waals surface area contributed by atoms with Crippen LogP contribution in [0.4, 0.5) is 0 Å². The molecule has 0 spiro atoms. The van der Waals surface area contributed by atoms with E-state index in [-0.39, 0.29) is 11.8 Å². The van der Waals surface area contributed by atoms with Gasteiger partial charge in [-0.1, -0.05) is 86.7 Å². The van der Waals surface area contributed by atoms with Gasteiger partial charge in [-0.3, -0.25) is 9.69 Å². The number of nitrogens with zero attached hydrogens (tertiary/aromatic N) is 1. The number of hydrogen-bond donors (Lipinski definition) is 1. The number of amides is 1. The summed E-state index contributed by atoms with van der Waals surface area (Å²) in [7, 11) is 0. The summed E-state index contributed by atoms with van der Waals surface area (Å²) in [5.41, 5.74) is 0.916. The Morgan fingerprint density at radius 2 is 1.96 bits per heavy atom. The van der Waals surface area contributed by atoms with E-state index in [1.165, 1.54) is 4.90 Å². The van der Waals surface area contributed by atoms with Crippen molar-refractivity contribution in [3.05, 3.63) is 52.9 Å². The van der Waals surface area contributed by atoms with Crippen molar-refractivity contribution in [1.82, 2.24) is 4.90 Å². The van der Waals surface area contributed by atoms with Gasteiger partial charge in [0.2, 0.25) is 0 Å². The van der Waals surface area contributed by atoms with Gasteiger partial charge in [-0.25, -0.2) is 4.79 Å². The average molecular weight is 386 g/mol. The molecule has 0 aromatic heterocycles. The molecule has 1 N–H and O–H groups in total. The molecule has 4 nitrogen and oxygen atoms in total. The maximum absolute atomic E-state index is 12.9. The summed E-state index contributed by atoms with van der Waals surface area (Å²) in [6, 6.07) is 12.9. The Labute approximate surface area is 161 Å². The predicted molar refractivity (Wildman–Crippen MR) is 110 cm³/mol. The Kier molecular flexibility index (Phi) is 5.44. The third-order valence-corrected chi connectivity index (χ3v) is 5.98. The van der Waals surface area contributed by atoms with Crippen molar-refractivity contribution < 1.29 is 14.7 Å². The fourth-order valence-electron chi connectivity index (χ4n) is 3.07. The van der Waals surface area contributed by atoms with Crippen molar-refractivity contribution in [3.63, 3.8) is 0 Å². The summed E-state index contributed by atoms with van der Waals surface area (Å²) in [5, 5.41) is 11.7. The lowest BCUT2D eigenvalue weighted by Gasteiger charge is -2.27. The number of carboxylic acid groups (broad SMARTS) is 1. The van der Waals surface area contributed by atoms with Crippen LogP contribution in [0.25, 0.3) is 16.8 Å². The Morgan fingerprint density at radius 3 is 2.65 bits per heavy atom. The Balaban J connectivity index is 2.00. The summed E-state index contributed by atoms with van der Waals surface area (Å²) >= 11 is 6.50. The Morgan fingerprint density at radius 1 is 1.27 bits per heavy atom. The number of benzene rings is 2. The zero-order valence-corrected chi connectivity index (χ0v) is 16.1. The standard InChI is InChI=1S/C20H19NO3S2/c1-3-12(2)17(19(23)24)21-18(22)16(26-20(21)25)11-14-9-6-8-13-7-4-5-10-15(13)14/h4-12,17H,3H2,1-2H3,(H,23,24)/b16-11-. The smallest absolute Gasteiger partial charge is 0.327 e. The number of aliphatic carboxylic acids is 1. The zero-order valence-electron chi connectivity index (χ0n) is 14.5. The molecule has 2 atom stereocenters. The fraction of sp³-hybridized carbons (Fsp3) is 0.250. The van der Waals surface area contributed by atoms with Gasteiger partial charge in [-0.05, 0) is 28.3 Å². The van der Waals surface area contributed by atoms with Crippen LogP contribution in [0.1, 0.15) is 25.8 Å². The molecular weight excluding hydrogens is 366 g/mol. The number of carbonyl (C=O) groups is 2. The van der Waals surface area contributed by atoms with Crippen molar-refractivity contribution in [3.8, 4) is 0 Å². The van der Waals surface area contributed by atoms with Crippen LogP contribution < -0.4 is 0 Å². The van der Waals surface area contributed by atoms with Crippen LogP contribution in [0.2, 0.25) is 0 Å². The van der Waals surface area contributed by atoms with Gasteiger partial charge < -0.3 is 5.11 Å². The van der Waals surface area contributed by atoms with E-state index in [1.54, 1.807) is 6.08 Å². The number of thioether (sulfide) groups is 1. The van der Waals surface area contributed by atoms with Gasteiger partial charge in [-0.15, -0.1) is 0 Å². The molecule has 6 heteroatoms. The molecule has 0 aliphatic carbocycles. The summed E-state index contributed by atoms with van der Waals surface area (Å²) in [5.74, 6) is -1.55. The minimum absolute atomic E-state index is 0.188. The minimum Gasteiger partial charge on any atom is -0.480 e. The highest BCUT2D eigenvalue weighted by molar-refractivity contribution is 8.26. The number of hydrogen-bond acceptors (Lipinski definition) is 4. The van der Waals surface area contributed by atoms with E-state index < -0.39 is 12.0 Å². The number of carboxylic acids is 1. The summed E-state index contributed by atoms with van der Waals surface area (Å²) in [4.78, 5) is 26.4. The van der Waals surface area contributed by atoms with Gasteiger partial charge in [0.25, 0.3) is 5.91 Å². The van der Waals surface area contributed by atoms with E-state index in [9.17, 15) is 14.7 Å².